The zero-order valence-electron chi connectivity index (χ0n) is 19.3. The number of ether oxygens (including phenoxy) is 1. The zero-order chi connectivity index (χ0) is 22.0. The summed E-state index contributed by atoms with van der Waals surface area (Å²) in [6.07, 6.45) is 0.998. The summed E-state index contributed by atoms with van der Waals surface area (Å²) in [5.74, 6) is 2.82. The molecule has 1 aromatic heterocycles. The van der Waals surface area contributed by atoms with E-state index >= 15 is 0 Å². The Balaban J connectivity index is 0.00000480. The SMILES string of the molecule is CCNC(=NCc1ccc(OCCCN(C)C)cc1)NCC(C)(O)c1ccc(C)o1.I. The molecule has 2 aromatic rings. The van der Waals surface area contributed by atoms with Crippen molar-refractivity contribution in [3.05, 3.63) is 53.5 Å². The number of nitrogens with zero attached hydrogens (tertiary/aromatic N) is 2. The number of guanidine groups is 1. The fraction of sp³-hybridized carbons (Fsp3) is 0.522. The molecule has 1 unspecified atom stereocenters. The zero-order valence-corrected chi connectivity index (χ0v) is 21.6. The van der Waals surface area contributed by atoms with Crippen LogP contribution < -0.4 is 15.4 Å². The van der Waals surface area contributed by atoms with Crippen molar-refractivity contribution < 1.29 is 14.3 Å². The molecule has 0 saturated carbocycles. The highest BCUT2D eigenvalue weighted by Crippen LogP contribution is 2.21. The summed E-state index contributed by atoms with van der Waals surface area (Å²) in [5.41, 5.74) is -0.0444. The van der Waals surface area contributed by atoms with Gasteiger partial charge in [-0.15, -0.1) is 24.0 Å². The molecular weight excluding hydrogens is 507 g/mol. The van der Waals surface area contributed by atoms with Crippen LogP contribution in [0.3, 0.4) is 0 Å². The van der Waals surface area contributed by atoms with Crippen LogP contribution in [-0.2, 0) is 12.1 Å². The van der Waals surface area contributed by atoms with E-state index in [4.69, 9.17) is 9.15 Å². The van der Waals surface area contributed by atoms with Gasteiger partial charge in [-0.1, -0.05) is 12.1 Å². The quantitative estimate of drug-likeness (QED) is 0.174. The van der Waals surface area contributed by atoms with Gasteiger partial charge in [0.25, 0.3) is 0 Å². The number of nitrogens with one attached hydrogen (secondary N) is 2. The molecule has 2 rings (SSSR count). The molecule has 0 aliphatic carbocycles. The van der Waals surface area contributed by atoms with Gasteiger partial charge < -0.3 is 29.8 Å². The van der Waals surface area contributed by atoms with Crippen LogP contribution in [0.2, 0.25) is 0 Å². The van der Waals surface area contributed by atoms with Crippen molar-refractivity contribution in [3.63, 3.8) is 0 Å². The number of aliphatic hydroxyl groups is 1. The molecule has 0 saturated heterocycles. The molecular formula is C23H37IN4O3. The van der Waals surface area contributed by atoms with Gasteiger partial charge in [-0.05, 0) is 71.1 Å². The van der Waals surface area contributed by atoms with Gasteiger partial charge in [-0.2, -0.15) is 0 Å². The summed E-state index contributed by atoms with van der Waals surface area (Å²) in [6.45, 7) is 8.85. The smallest absolute Gasteiger partial charge is 0.191 e. The van der Waals surface area contributed by atoms with E-state index in [9.17, 15) is 5.11 Å². The summed E-state index contributed by atoms with van der Waals surface area (Å²) >= 11 is 0. The normalized spacial score (nSPS) is 13.5. The Kier molecular flexibility index (Phi) is 12.0. The molecule has 1 aromatic carbocycles. The van der Waals surface area contributed by atoms with Gasteiger partial charge >= 0.3 is 0 Å². The molecule has 0 radical (unpaired) electrons. The Hall–Kier alpha value is -1.78. The second-order valence-electron chi connectivity index (χ2n) is 7.88. The fourth-order valence-corrected chi connectivity index (χ4v) is 2.84. The van der Waals surface area contributed by atoms with Crippen LogP contribution in [0.15, 0.2) is 45.8 Å². The number of furan rings is 1. The number of hydrogen-bond acceptors (Lipinski definition) is 5. The summed E-state index contributed by atoms with van der Waals surface area (Å²) in [5, 5.41) is 17.1. The minimum absolute atomic E-state index is 0. The minimum Gasteiger partial charge on any atom is -0.494 e. The number of aryl methyl sites for hydroxylation is 1. The third-order valence-electron chi connectivity index (χ3n) is 4.58. The Morgan fingerprint density at radius 3 is 2.45 bits per heavy atom. The summed E-state index contributed by atoms with van der Waals surface area (Å²) in [7, 11) is 4.12. The van der Waals surface area contributed by atoms with Crippen molar-refractivity contribution in [2.24, 2.45) is 4.99 Å². The van der Waals surface area contributed by atoms with E-state index in [-0.39, 0.29) is 30.5 Å². The second-order valence-corrected chi connectivity index (χ2v) is 7.88. The third-order valence-corrected chi connectivity index (χ3v) is 4.58. The van der Waals surface area contributed by atoms with Crippen molar-refractivity contribution in [2.75, 3.05) is 40.3 Å². The van der Waals surface area contributed by atoms with Crippen molar-refractivity contribution in [1.29, 1.82) is 0 Å². The van der Waals surface area contributed by atoms with Gasteiger partial charge in [0.2, 0.25) is 0 Å². The largest absolute Gasteiger partial charge is 0.494 e. The van der Waals surface area contributed by atoms with Crippen LogP contribution in [0.5, 0.6) is 5.75 Å². The summed E-state index contributed by atoms with van der Waals surface area (Å²) in [6, 6.07) is 11.6. The highest BCUT2D eigenvalue weighted by atomic mass is 127. The lowest BCUT2D eigenvalue weighted by atomic mass is 10.0. The molecule has 3 N–H and O–H groups in total. The Bertz CT molecular complexity index is 788. The molecule has 0 amide bonds. The average molecular weight is 544 g/mol. The first-order chi connectivity index (χ1) is 14.3. The predicted molar refractivity (Wildman–Crippen MR) is 136 cm³/mol. The highest BCUT2D eigenvalue weighted by molar-refractivity contribution is 14.0. The second kappa shape index (κ2) is 13.6. The number of benzene rings is 1. The van der Waals surface area contributed by atoms with Crippen LogP contribution in [0.4, 0.5) is 0 Å². The van der Waals surface area contributed by atoms with Crippen molar-refractivity contribution in [2.45, 2.75) is 39.3 Å². The fourth-order valence-electron chi connectivity index (χ4n) is 2.84. The predicted octanol–water partition coefficient (Wildman–Crippen LogP) is 3.50. The number of aliphatic imine (C=N–C) groups is 1. The summed E-state index contributed by atoms with van der Waals surface area (Å²) in [4.78, 5) is 6.76. The standard InChI is InChI=1S/C23H36N4O3.HI/c1-6-24-22(26-17-23(3,28)21-13-8-18(2)30-21)25-16-19-9-11-20(12-10-19)29-15-7-14-27(4)5;/h8-13,28H,6-7,14-17H2,1-5H3,(H2,24,25,26);1H. The maximum atomic E-state index is 10.7. The lowest BCUT2D eigenvalue weighted by Gasteiger charge is -2.22. The van der Waals surface area contributed by atoms with Gasteiger partial charge in [0.1, 0.15) is 22.9 Å². The number of hydrogen-bond donors (Lipinski definition) is 3. The van der Waals surface area contributed by atoms with E-state index in [1.165, 1.54) is 0 Å². The lowest BCUT2D eigenvalue weighted by Crippen LogP contribution is -2.44. The third kappa shape index (κ3) is 9.92. The first-order valence-corrected chi connectivity index (χ1v) is 10.5. The molecule has 0 fully saturated rings. The molecule has 0 aliphatic rings. The van der Waals surface area contributed by atoms with E-state index in [0.29, 0.717) is 24.9 Å². The molecule has 0 bridgehead atoms. The van der Waals surface area contributed by atoms with Crippen LogP contribution in [-0.4, -0.2) is 56.3 Å². The topological polar surface area (TPSA) is 82.3 Å². The molecule has 0 aliphatic heterocycles. The first kappa shape index (κ1) is 27.3. The molecule has 0 spiro atoms. The molecule has 8 heteroatoms. The van der Waals surface area contributed by atoms with Crippen molar-refractivity contribution in [3.8, 4) is 5.75 Å². The van der Waals surface area contributed by atoms with Gasteiger partial charge in [0, 0.05) is 13.1 Å². The van der Waals surface area contributed by atoms with E-state index < -0.39 is 5.60 Å². The molecule has 1 heterocycles. The van der Waals surface area contributed by atoms with E-state index in [1.54, 1.807) is 13.0 Å². The molecule has 7 nitrogen and oxygen atoms in total. The van der Waals surface area contributed by atoms with Crippen LogP contribution in [0.25, 0.3) is 0 Å². The Morgan fingerprint density at radius 1 is 1.16 bits per heavy atom. The lowest BCUT2D eigenvalue weighted by molar-refractivity contribution is 0.0378. The van der Waals surface area contributed by atoms with E-state index in [1.807, 2.05) is 44.2 Å². The van der Waals surface area contributed by atoms with Gasteiger partial charge in [-0.3, -0.25) is 0 Å². The maximum absolute atomic E-state index is 10.7. The summed E-state index contributed by atoms with van der Waals surface area (Å²) < 4.78 is 11.3. The monoisotopic (exact) mass is 544 g/mol. The van der Waals surface area contributed by atoms with Crippen LogP contribution in [0.1, 0.15) is 37.4 Å². The minimum atomic E-state index is -1.13. The van der Waals surface area contributed by atoms with Gasteiger partial charge in [0.05, 0.1) is 19.7 Å². The van der Waals surface area contributed by atoms with Gasteiger partial charge in [0.15, 0.2) is 5.96 Å². The van der Waals surface area contributed by atoms with E-state index in [0.717, 1.165) is 36.6 Å². The van der Waals surface area contributed by atoms with Gasteiger partial charge in [-0.25, -0.2) is 4.99 Å². The first-order valence-electron chi connectivity index (χ1n) is 10.5. The Morgan fingerprint density at radius 2 is 1.87 bits per heavy atom. The molecule has 31 heavy (non-hydrogen) atoms. The van der Waals surface area contributed by atoms with E-state index in [2.05, 4.69) is 34.6 Å². The van der Waals surface area contributed by atoms with Crippen LogP contribution in [0, 0.1) is 6.92 Å². The average Bonchev–Trinajstić information content (AvgIpc) is 3.15. The molecule has 1 atom stereocenters. The Labute approximate surface area is 203 Å². The number of halogens is 1. The highest BCUT2D eigenvalue weighted by Gasteiger charge is 2.27. The van der Waals surface area contributed by atoms with Crippen molar-refractivity contribution >= 4 is 29.9 Å². The molecule has 174 valence electrons. The van der Waals surface area contributed by atoms with Crippen molar-refractivity contribution in [1.82, 2.24) is 15.5 Å². The van der Waals surface area contributed by atoms with Crippen LogP contribution >= 0.6 is 24.0 Å². The maximum Gasteiger partial charge on any atom is 0.191 e. The number of rotatable bonds is 11.